The Hall–Kier alpha value is -3.27. The number of hydrogen-bond acceptors (Lipinski definition) is 6. The van der Waals surface area contributed by atoms with Gasteiger partial charge in [0.25, 0.3) is 17.1 Å². The number of halogens is 2. The molecule has 0 atom stereocenters. The molecule has 0 bridgehead atoms. The summed E-state index contributed by atoms with van der Waals surface area (Å²) in [6.45, 7) is 3.78. The highest BCUT2D eigenvalue weighted by molar-refractivity contribution is 9.10. The average Bonchev–Trinajstić information content (AvgIpc) is 3.12. The van der Waals surface area contributed by atoms with Gasteiger partial charge < -0.3 is 14.8 Å². The summed E-state index contributed by atoms with van der Waals surface area (Å²) < 4.78 is 11.7. The molecule has 1 aliphatic rings. The van der Waals surface area contributed by atoms with E-state index < -0.39 is 0 Å². The van der Waals surface area contributed by atoms with Gasteiger partial charge in [0.15, 0.2) is 18.1 Å². The molecule has 0 saturated carbocycles. The van der Waals surface area contributed by atoms with E-state index in [0.717, 1.165) is 28.5 Å². The summed E-state index contributed by atoms with van der Waals surface area (Å²) in [5.41, 5.74) is 4.04. The van der Waals surface area contributed by atoms with Gasteiger partial charge in [0.1, 0.15) is 0 Å². The van der Waals surface area contributed by atoms with Crippen LogP contribution in [0.15, 0.2) is 64.0 Å². The van der Waals surface area contributed by atoms with Crippen molar-refractivity contribution in [1.82, 2.24) is 4.90 Å². The van der Waals surface area contributed by atoms with E-state index in [2.05, 4.69) is 21.2 Å². The van der Waals surface area contributed by atoms with Crippen LogP contribution >= 0.6 is 39.3 Å². The minimum Gasteiger partial charge on any atom is -0.493 e. The zero-order chi connectivity index (χ0) is 27.4. The molecule has 38 heavy (non-hydrogen) atoms. The molecule has 10 heteroatoms. The van der Waals surface area contributed by atoms with Crippen LogP contribution in [-0.4, -0.2) is 35.7 Å². The molecule has 7 nitrogen and oxygen atoms in total. The molecule has 3 amide bonds. The van der Waals surface area contributed by atoms with Crippen molar-refractivity contribution in [1.29, 1.82) is 0 Å². The van der Waals surface area contributed by atoms with Gasteiger partial charge in [-0.2, -0.15) is 0 Å². The second-order valence-corrected chi connectivity index (χ2v) is 10.8. The summed E-state index contributed by atoms with van der Waals surface area (Å²) in [4.78, 5) is 39.5. The predicted octanol–water partition coefficient (Wildman–Crippen LogP) is 6.98. The van der Waals surface area contributed by atoms with E-state index >= 15 is 0 Å². The van der Waals surface area contributed by atoms with Crippen molar-refractivity contribution in [2.24, 2.45) is 0 Å². The minimum absolute atomic E-state index is 0.209. The molecule has 0 aliphatic carbocycles. The zero-order valence-electron chi connectivity index (χ0n) is 20.8. The summed E-state index contributed by atoms with van der Waals surface area (Å²) in [5.74, 6) is -0.0416. The summed E-state index contributed by atoms with van der Waals surface area (Å²) in [6, 6.07) is 16.3. The van der Waals surface area contributed by atoms with Crippen molar-refractivity contribution >= 4 is 68.1 Å². The Morgan fingerprint density at radius 2 is 1.92 bits per heavy atom. The van der Waals surface area contributed by atoms with Gasteiger partial charge in [-0.3, -0.25) is 19.3 Å². The van der Waals surface area contributed by atoms with Crippen molar-refractivity contribution in [3.8, 4) is 11.5 Å². The molecule has 1 saturated heterocycles. The molecule has 196 valence electrons. The number of methoxy groups -OCH3 is 1. The molecule has 0 unspecified atom stereocenters. The number of benzene rings is 3. The van der Waals surface area contributed by atoms with Crippen LogP contribution in [0.2, 0.25) is 5.02 Å². The van der Waals surface area contributed by atoms with E-state index in [-0.39, 0.29) is 30.2 Å². The Morgan fingerprint density at radius 1 is 1.13 bits per heavy atom. The third-order valence-electron chi connectivity index (χ3n) is 5.65. The molecule has 1 fully saturated rings. The number of carbonyl (C=O) groups excluding carboxylic acids is 3. The number of carbonyl (C=O) groups is 3. The fraction of sp³-hybridized carbons (Fsp3) is 0.179. The maximum Gasteiger partial charge on any atom is 0.293 e. The number of aryl methyl sites for hydroxylation is 2. The van der Waals surface area contributed by atoms with Crippen molar-refractivity contribution in [2.75, 3.05) is 19.0 Å². The summed E-state index contributed by atoms with van der Waals surface area (Å²) in [7, 11) is 1.47. The van der Waals surface area contributed by atoms with Gasteiger partial charge in [0, 0.05) is 10.7 Å². The van der Waals surface area contributed by atoms with Crippen LogP contribution in [0, 0.1) is 13.8 Å². The number of ether oxygens (including phenoxy) is 2. The standard InChI is InChI=1S/C28H24BrClN2O5S/c1-16-5-4-6-18(9-16)14-32-27(34)24(38-28(32)35)12-19-10-21(29)26(23(11-19)36-3)37-15-25(33)31-20-8-7-17(2)22(30)13-20/h4-13H,14-15H2,1-3H3,(H,31,33)/b24-12-. The first-order chi connectivity index (χ1) is 18.1. The molecule has 3 aromatic carbocycles. The Balaban J connectivity index is 1.46. The Morgan fingerprint density at radius 3 is 2.63 bits per heavy atom. The van der Waals surface area contributed by atoms with Crippen LogP contribution in [0.25, 0.3) is 6.08 Å². The van der Waals surface area contributed by atoms with Crippen LogP contribution in [0.4, 0.5) is 10.5 Å². The lowest BCUT2D eigenvalue weighted by molar-refractivity contribution is -0.123. The van der Waals surface area contributed by atoms with Crippen LogP contribution in [0.1, 0.15) is 22.3 Å². The highest BCUT2D eigenvalue weighted by atomic mass is 79.9. The van der Waals surface area contributed by atoms with Crippen molar-refractivity contribution in [2.45, 2.75) is 20.4 Å². The molecular formula is C28H24BrClN2O5S. The van der Waals surface area contributed by atoms with E-state index in [1.54, 1.807) is 30.3 Å². The summed E-state index contributed by atoms with van der Waals surface area (Å²) in [5, 5.41) is 2.97. The molecule has 1 heterocycles. The predicted molar refractivity (Wildman–Crippen MR) is 154 cm³/mol. The highest BCUT2D eigenvalue weighted by Gasteiger charge is 2.35. The monoisotopic (exact) mass is 614 g/mol. The van der Waals surface area contributed by atoms with E-state index in [4.69, 9.17) is 21.1 Å². The Bertz CT molecular complexity index is 1460. The zero-order valence-corrected chi connectivity index (χ0v) is 24.0. The number of nitrogens with one attached hydrogen (secondary N) is 1. The maximum atomic E-state index is 13.0. The van der Waals surface area contributed by atoms with Gasteiger partial charge in [-0.15, -0.1) is 0 Å². The molecule has 0 spiro atoms. The molecule has 1 aliphatic heterocycles. The van der Waals surface area contributed by atoms with Gasteiger partial charge >= 0.3 is 0 Å². The van der Waals surface area contributed by atoms with E-state index in [1.807, 2.05) is 44.2 Å². The maximum absolute atomic E-state index is 13.0. The van der Waals surface area contributed by atoms with Crippen LogP contribution in [0.5, 0.6) is 11.5 Å². The fourth-order valence-electron chi connectivity index (χ4n) is 3.75. The lowest BCUT2D eigenvalue weighted by Gasteiger charge is -2.14. The molecule has 1 N–H and O–H groups in total. The lowest BCUT2D eigenvalue weighted by atomic mass is 10.1. The number of nitrogens with zero attached hydrogens (tertiary/aromatic N) is 1. The van der Waals surface area contributed by atoms with E-state index in [1.165, 1.54) is 12.0 Å². The second kappa shape index (κ2) is 12.1. The first kappa shape index (κ1) is 27.8. The number of hydrogen-bond donors (Lipinski definition) is 1. The van der Waals surface area contributed by atoms with Crippen molar-refractivity contribution < 1.29 is 23.9 Å². The van der Waals surface area contributed by atoms with Gasteiger partial charge in [-0.1, -0.05) is 47.5 Å². The van der Waals surface area contributed by atoms with Gasteiger partial charge in [0.2, 0.25) is 0 Å². The average molecular weight is 616 g/mol. The number of anilines is 1. The second-order valence-electron chi connectivity index (χ2n) is 8.59. The number of thioether (sulfide) groups is 1. The molecule has 3 aromatic rings. The first-order valence-electron chi connectivity index (χ1n) is 11.5. The van der Waals surface area contributed by atoms with Crippen LogP contribution in [-0.2, 0) is 16.1 Å². The third-order valence-corrected chi connectivity index (χ3v) is 7.55. The number of rotatable bonds is 8. The Labute approximate surface area is 238 Å². The first-order valence-corrected chi connectivity index (χ1v) is 13.5. The normalized spacial score (nSPS) is 14.2. The molecular weight excluding hydrogens is 592 g/mol. The highest BCUT2D eigenvalue weighted by Crippen LogP contribution is 2.39. The van der Waals surface area contributed by atoms with Gasteiger partial charge in [-0.05, 0) is 88.6 Å². The van der Waals surface area contributed by atoms with Gasteiger partial charge in [0.05, 0.1) is 23.0 Å². The lowest BCUT2D eigenvalue weighted by Crippen LogP contribution is -2.27. The SMILES string of the molecule is COc1cc(/C=C2\SC(=O)N(Cc3cccc(C)c3)C2=O)cc(Br)c1OCC(=O)Nc1ccc(C)c(Cl)c1. The molecule has 0 radical (unpaired) electrons. The van der Waals surface area contributed by atoms with E-state index in [9.17, 15) is 14.4 Å². The van der Waals surface area contributed by atoms with Crippen molar-refractivity contribution in [3.05, 3.63) is 91.3 Å². The van der Waals surface area contributed by atoms with E-state index in [0.29, 0.717) is 37.2 Å². The third kappa shape index (κ3) is 6.59. The number of imide groups is 1. The summed E-state index contributed by atoms with van der Waals surface area (Å²) in [6.07, 6.45) is 1.63. The smallest absolute Gasteiger partial charge is 0.293 e. The van der Waals surface area contributed by atoms with Crippen LogP contribution < -0.4 is 14.8 Å². The quantitative estimate of drug-likeness (QED) is 0.275. The topological polar surface area (TPSA) is 84.9 Å². The summed E-state index contributed by atoms with van der Waals surface area (Å²) >= 11 is 10.5. The largest absolute Gasteiger partial charge is 0.493 e. The molecule has 0 aromatic heterocycles. The van der Waals surface area contributed by atoms with Gasteiger partial charge in [-0.25, -0.2) is 0 Å². The van der Waals surface area contributed by atoms with Crippen molar-refractivity contribution in [3.63, 3.8) is 0 Å². The molecule has 4 rings (SSSR count). The fourth-order valence-corrected chi connectivity index (χ4v) is 5.34. The van der Waals surface area contributed by atoms with Crippen LogP contribution in [0.3, 0.4) is 0 Å². The number of amides is 3. The Kier molecular flexibility index (Phi) is 8.81. The minimum atomic E-state index is -0.370.